The summed E-state index contributed by atoms with van der Waals surface area (Å²) in [6, 6.07) is 6.57. The highest BCUT2D eigenvalue weighted by molar-refractivity contribution is 7.98. The highest BCUT2D eigenvalue weighted by Gasteiger charge is 2.05. The van der Waals surface area contributed by atoms with Gasteiger partial charge in [-0.1, -0.05) is 23.9 Å². The van der Waals surface area contributed by atoms with Crippen molar-refractivity contribution in [1.29, 1.82) is 0 Å². The van der Waals surface area contributed by atoms with Gasteiger partial charge in [-0.05, 0) is 11.8 Å². The van der Waals surface area contributed by atoms with Gasteiger partial charge in [0, 0.05) is 31.1 Å². The first-order valence-corrected chi connectivity index (χ1v) is 6.21. The van der Waals surface area contributed by atoms with Gasteiger partial charge in [0.05, 0.1) is 4.92 Å². The highest BCUT2D eigenvalue weighted by atomic mass is 32.2. The second kappa shape index (κ2) is 5.01. The van der Waals surface area contributed by atoms with E-state index in [1.54, 1.807) is 30.1 Å². The molecule has 2 rings (SSSR count). The maximum absolute atomic E-state index is 10.5. The van der Waals surface area contributed by atoms with E-state index in [9.17, 15) is 10.1 Å². The summed E-state index contributed by atoms with van der Waals surface area (Å²) in [6.45, 7) is 0.675. The van der Waals surface area contributed by atoms with Crippen molar-refractivity contribution in [2.24, 2.45) is 0 Å². The van der Waals surface area contributed by atoms with Crippen LogP contribution < -0.4 is 0 Å². The summed E-state index contributed by atoms with van der Waals surface area (Å²) in [4.78, 5) is 14.3. The van der Waals surface area contributed by atoms with E-state index in [0.717, 1.165) is 10.7 Å². The number of benzene rings is 1. The summed E-state index contributed by atoms with van der Waals surface area (Å²) >= 11 is 1.57. The zero-order chi connectivity index (χ0) is 12.3. The molecule has 0 aliphatic rings. The van der Waals surface area contributed by atoms with Crippen molar-refractivity contribution in [2.45, 2.75) is 11.7 Å². The Morgan fingerprint density at radius 1 is 1.41 bits per heavy atom. The van der Waals surface area contributed by atoms with E-state index in [4.69, 9.17) is 0 Å². The lowest BCUT2D eigenvalue weighted by Gasteiger charge is -2.05. The molecule has 17 heavy (non-hydrogen) atoms. The van der Waals surface area contributed by atoms with Gasteiger partial charge in [-0.2, -0.15) is 0 Å². The third-order valence-electron chi connectivity index (χ3n) is 2.36. The van der Waals surface area contributed by atoms with Crippen LogP contribution in [0.4, 0.5) is 5.69 Å². The summed E-state index contributed by atoms with van der Waals surface area (Å²) in [6.07, 6.45) is 5.61. The normalized spacial score (nSPS) is 10.4. The molecular weight excluding hydrogens is 238 g/mol. The lowest BCUT2D eigenvalue weighted by Crippen LogP contribution is -2.00. The Bertz CT molecular complexity index is 522. The lowest BCUT2D eigenvalue weighted by molar-refractivity contribution is -0.384. The van der Waals surface area contributed by atoms with E-state index in [1.165, 1.54) is 12.1 Å². The van der Waals surface area contributed by atoms with Crippen LogP contribution in [0.5, 0.6) is 0 Å². The second-order valence-electron chi connectivity index (χ2n) is 3.47. The molecule has 1 aromatic carbocycles. The van der Waals surface area contributed by atoms with Gasteiger partial charge in [0.25, 0.3) is 5.69 Å². The maximum atomic E-state index is 10.5. The van der Waals surface area contributed by atoms with Gasteiger partial charge in [0.2, 0.25) is 0 Å². The van der Waals surface area contributed by atoms with Gasteiger partial charge in [-0.3, -0.25) is 10.1 Å². The van der Waals surface area contributed by atoms with Crippen molar-refractivity contribution in [3.05, 3.63) is 52.3 Å². The van der Waals surface area contributed by atoms with Crippen molar-refractivity contribution in [3.63, 3.8) is 0 Å². The number of hydrogen-bond donors (Lipinski definition) is 0. The number of hydrogen-bond acceptors (Lipinski definition) is 4. The molecule has 0 saturated carbocycles. The van der Waals surface area contributed by atoms with E-state index in [2.05, 4.69) is 4.98 Å². The Kier molecular flexibility index (Phi) is 3.43. The monoisotopic (exact) mass is 249 g/mol. The largest absolute Gasteiger partial charge is 0.322 e. The number of nitro benzene ring substituents is 1. The molecule has 0 saturated heterocycles. The molecule has 2 aromatic rings. The quantitative estimate of drug-likeness (QED) is 0.474. The van der Waals surface area contributed by atoms with Gasteiger partial charge in [-0.15, -0.1) is 0 Å². The van der Waals surface area contributed by atoms with Crippen LogP contribution in [0.25, 0.3) is 0 Å². The van der Waals surface area contributed by atoms with Gasteiger partial charge in [0.15, 0.2) is 5.16 Å². The number of thioether (sulfide) groups is 1. The van der Waals surface area contributed by atoms with Gasteiger partial charge in [0.1, 0.15) is 0 Å². The fourth-order valence-corrected chi connectivity index (χ4v) is 2.05. The molecule has 0 amide bonds. The summed E-state index contributed by atoms with van der Waals surface area (Å²) in [5.41, 5.74) is 1.13. The van der Waals surface area contributed by atoms with Gasteiger partial charge >= 0.3 is 0 Å². The predicted octanol–water partition coefficient (Wildman–Crippen LogP) is 2.56. The molecule has 0 radical (unpaired) electrons. The number of rotatable bonds is 4. The number of non-ortho nitro benzene ring substituents is 1. The molecule has 0 atom stereocenters. The average Bonchev–Trinajstić information content (AvgIpc) is 2.77. The third-order valence-corrected chi connectivity index (χ3v) is 3.07. The van der Waals surface area contributed by atoms with Crippen LogP contribution in [0.15, 0.2) is 41.8 Å². The summed E-state index contributed by atoms with van der Waals surface area (Å²) in [7, 11) is 0. The molecule has 5 nitrogen and oxygen atoms in total. The SMILES string of the molecule is CSc1nccn1Cc1ccc([N+](=O)[O-])cc1. The van der Waals surface area contributed by atoms with E-state index >= 15 is 0 Å². The maximum Gasteiger partial charge on any atom is 0.269 e. The second-order valence-corrected chi connectivity index (χ2v) is 4.24. The molecule has 1 heterocycles. The first-order chi connectivity index (χ1) is 8.20. The summed E-state index contributed by atoms with van der Waals surface area (Å²) in [5.74, 6) is 0. The van der Waals surface area contributed by atoms with Crippen molar-refractivity contribution in [3.8, 4) is 0 Å². The van der Waals surface area contributed by atoms with Crippen molar-refractivity contribution >= 4 is 17.4 Å². The van der Waals surface area contributed by atoms with Crippen LogP contribution >= 0.6 is 11.8 Å². The molecule has 0 N–H and O–H groups in total. The molecule has 0 fully saturated rings. The van der Waals surface area contributed by atoms with Crippen molar-refractivity contribution in [2.75, 3.05) is 6.26 Å². The van der Waals surface area contributed by atoms with Crippen LogP contribution in [0.1, 0.15) is 5.56 Å². The van der Waals surface area contributed by atoms with Crippen molar-refractivity contribution in [1.82, 2.24) is 9.55 Å². The number of nitrogens with zero attached hydrogens (tertiary/aromatic N) is 3. The fourth-order valence-electron chi connectivity index (χ4n) is 1.53. The van der Waals surface area contributed by atoms with Crippen LogP contribution in [0, 0.1) is 10.1 Å². The molecule has 1 aromatic heterocycles. The first-order valence-electron chi connectivity index (χ1n) is 4.99. The minimum absolute atomic E-state index is 0.115. The third kappa shape index (κ3) is 2.65. The highest BCUT2D eigenvalue weighted by Crippen LogP contribution is 2.16. The van der Waals surface area contributed by atoms with Gasteiger partial charge in [-0.25, -0.2) is 4.98 Å². The molecule has 0 bridgehead atoms. The molecule has 0 unspecified atom stereocenters. The van der Waals surface area contributed by atoms with Crippen LogP contribution in [-0.2, 0) is 6.54 Å². The van der Waals surface area contributed by atoms with E-state index in [-0.39, 0.29) is 5.69 Å². The van der Waals surface area contributed by atoms with Gasteiger partial charge < -0.3 is 4.57 Å². The predicted molar refractivity (Wildman–Crippen MR) is 66.2 cm³/mol. The summed E-state index contributed by atoms with van der Waals surface area (Å²) in [5, 5.41) is 11.5. The molecule has 0 aliphatic carbocycles. The topological polar surface area (TPSA) is 61.0 Å². The Labute approximate surface area is 103 Å². The molecule has 88 valence electrons. The molecule has 6 heteroatoms. The zero-order valence-corrected chi connectivity index (χ0v) is 10.1. The Balaban J connectivity index is 2.16. The lowest BCUT2D eigenvalue weighted by atomic mass is 10.2. The van der Waals surface area contributed by atoms with Crippen LogP contribution in [0.2, 0.25) is 0 Å². The Hall–Kier alpha value is -1.82. The minimum atomic E-state index is -0.395. The number of nitro groups is 1. The minimum Gasteiger partial charge on any atom is -0.322 e. The Morgan fingerprint density at radius 3 is 2.71 bits per heavy atom. The molecular formula is C11H11N3O2S. The number of imidazole rings is 1. The Morgan fingerprint density at radius 2 is 2.12 bits per heavy atom. The zero-order valence-electron chi connectivity index (χ0n) is 9.24. The fraction of sp³-hybridized carbons (Fsp3) is 0.182. The average molecular weight is 249 g/mol. The molecule has 0 aliphatic heterocycles. The van der Waals surface area contributed by atoms with Crippen LogP contribution in [0.3, 0.4) is 0 Å². The number of aromatic nitrogens is 2. The van der Waals surface area contributed by atoms with Crippen LogP contribution in [-0.4, -0.2) is 20.7 Å². The van der Waals surface area contributed by atoms with E-state index < -0.39 is 4.92 Å². The first kappa shape index (κ1) is 11.7. The standard InChI is InChI=1S/C11H11N3O2S/c1-17-11-12-6-7-13(11)8-9-2-4-10(5-3-9)14(15)16/h2-7H,8H2,1H3. The smallest absolute Gasteiger partial charge is 0.269 e. The van der Waals surface area contributed by atoms with E-state index in [0.29, 0.717) is 6.54 Å². The van der Waals surface area contributed by atoms with E-state index in [1.807, 2.05) is 17.0 Å². The van der Waals surface area contributed by atoms with Crippen molar-refractivity contribution < 1.29 is 4.92 Å². The molecule has 0 spiro atoms. The summed E-state index contributed by atoms with van der Waals surface area (Å²) < 4.78 is 2.01.